The van der Waals surface area contributed by atoms with Gasteiger partial charge in [-0.1, -0.05) is 12.1 Å². The first-order chi connectivity index (χ1) is 13.3. The molecule has 28 heavy (non-hydrogen) atoms. The number of nitrogens with zero attached hydrogens (tertiary/aromatic N) is 3. The molecule has 5 nitrogen and oxygen atoms in total. The summed E-state index contributed by atoms with van der Waals surface area (Å²) in [5.41, 5.74) is 1.05. The molecule has 2 fully saturated rings. The Kier molecular flexibility index (Phi) is 4.68. The highest BCUT2D eigenvalue weighted by atomic mass is 19.1. The van der Waals surface area contributed by atoms with E-state index >= 15 is 0 Å². The fraction of sp³-hybridized carbons (Fsp3) is 0.545. The molecule has 1 amide bonds. The highest BCUT2D eigenvalue weighted by Gasteiger charge is 2.55. The molecule has 1 aromatic carbocycles. The summed E-state index contributed by atoms with van der Waals surface area (Å²) in [5, 5.41) is 4.04. The van der Waals surface area contributed by atoms with Gasteiger partial charge in [-0.15, -0.1) is 0 Å². The number of amides is 1. The van der Waals surface area contributed by atoms with E-state index < -0.39 is 0 Å². The first-order valence-corrected chi connectivity index (χ1v) is 10.2. The second kappa shape index (κ2) is 6.90. The molecule has 0 aliphatic carbocycles. The Morgan fingerprint density at radius 3 is 2.75 bits per heavy atom. The maximum atomic E-state index is 13.4. The lowest BCUT2D eigenvalue weighted by Crippen LogP contribution is -2.49. The van der Waals surface area contributed by atoms with Gasteiger partial charge in [-0.3, -0.25) is 4.79 Å². The van der Waals surface area contributed by atoms with Gasteiger partial charge in [-0.05, 0) is 63.8 Å². The van der Waals surface area contributed by atoms with E-state index in [1.807, 2.05) is 17.0 Å². The summed E-state index contributed by atoms with van der Waals surface area (Å²) in [4.78, 5) is 17.6. The third kappa shape index (κ3) is 3.19. The molecule has 2 aromatic rings. The molecule has 1 spiro atoms. The quantitative estimate of drug-likeness (QED) is 0.781. The molecule has 3 heterocycles. The molecule has 2 saturated heterocycles. The molecule has 6 heteroatoms. The molecule has 0 bridgehead atoms. The molecule has 2 aliphatic heterocycles. The van der Waals surface area contributed by atoms with E-state index in [4.69, 9.17) is 4.52 Å². The number of carbonyl (C=O) groups excluding carboxylic acids is 1. The van der Waals surface area contributed by atoms with Crippen molar-refractivity contribution in [2.24, 2.45) is 0 Å². The summed E-state index contributed by atoms with van der Waals surface area (Å²) in [7, 11) is 0. The van der Waals surface area contributed by atoms with Crippen LogP contribution in [0.1, 0.15) is 62.7 Å². The van der Waals surface area contributed by atoms with Crippen molar-refractivity contribution in [3.8, 4) is 0 Å². The first kappa shape index (κ1) is 19.0. The number of halogens is 1. The summed E-state index contributed by atoms with van der Waals surface area (Å²) in [6.45, 7) is 7.95. The molecule has 150 valence electrons. The largest absolute Gasteiger partial charge is 0.364 e. The fourth-order valence-electron chi connectivity index (χ4n) is 5.05. The van der Waals surface area contributed by atoms with Crippen LogP contribution in [0.5, 0.6) is 0 Å². The number of hydrogen-bond acceptors (Lipinski definition) is 4. The van der Waals surface area contributed by atoms with Gasteiger partial charge in [0.25, 0.3) is 5.91 Å². The van der Waals surface area contributed by atoms with Crippen molar-refractivity contribution in [3.05, 3.63) is 47.6 Å². The minimum absolute atomic E-state index is 0.0413. The van der Waals surface area contributed by atoms with Crippen molar-refractivity contribution < 1.29 is 13.7 Å². The number of anilines is 1. The second-order valence-corrected chi connectivity index (χ2v) is 8.76. The van der Waals surface area contributed by atoms with E-state index in [0.29, 0.717) is 5.69 Å². The van der Waals surface area contributed by atoms with Gasteiger partial charge < -0.3 is 14.3 Å². The lowest BCUT2D eigenvalue weighted by Gasteiger charge is -2.34. The Bertz CT molecular complexity index is 861. The van der Waals surface area contributed by atoms with Gasteiger partial charge in [0.05, 0.1) is 5.54 Å². The third-order valence-electron chi connectivity index (χ3n) is 6.20. The number of rotatable bonds is 4. The molecule has 0 saturated carbocycles. The van der Waals surface area contributed by atoms with E-state index in [9.17, 15) is 9.18 Å². The molecule has 1 aromatic heterocycles. The standard InChI is InChI=1S/C22H28FN3O2/c1-4-6-18-13-19(24-28-18)20(27)25-12-5-11-22(25)14-21(2,3)26(15-22)17-9-7-16(23)8-10-17/h7-10,13H,4-6,11-12,14-15H2,1-3H3. The van der Waals surface area contributed by atoms with E-state index in [1.165, 1.54) is 12.1 Å². The molecule has 0 radical (unpaired) electrons. The summed E-state index contributed by atoms with van der Waals surface area (Å²) < 4.78 is 18.7. The predicted octanol–water partition coefficient (Wildman–Crippen LogP) is 4.43. The van der Waals surface area contributed by atoms with Crippen LogP contribution in [-0.4, -0.2) is 40.1 Å². The van der Waals surface area contributed by atoms with Crippen LogP contribution < -0.4 is 4.90 Å². The van der Waals surface area contributed by atoms with Crippen LogP contribution in [0, 0.1) is 5.82 Å². The summed E-state index contributed by atoms with van der Waals surface area (Å²) in [5.74, 6) is 0.487. The van der Waals surface area contributed by atoms with Crippen molar-refractivity contribution in [1.29, 1.82) is 0 Å². The van der Waals surface area contributed by atoms with Gasteiger partial charge in [-0.2, -0.15) is 0 Å². The highest BCUT2D eigenvalue weighted by molar-refractivity contribution is 5.93. The molecule has 4 rings (SSSR count). The Balaban J connectivity index is 1.61. The average Bonchev–Trinajstić information content (AvgIpc) is 3.34. The van der Waals surface area contributed by atoms with Crippen LogP contribution in [0.2, 0.25) is 0 Å². The molecule has 0 N–H and O–H groups in total. The number of hydrogen-bond donors (Lipinski definition) is 0. The number of benzene rings is 1. The Hall–Kier alpha value is -2.37. The van der Waals surface area contributed by atoms with Gasteiger partial charge in [0.15, 0.2) is 5.69 Å². The van der Waals surface area contributed by atoms with Gasteiger partial charge in [0.1, 0.15) is 11.6 Å². The number of likely N-dealkylation sites (tertiary alicyclic amines) is 1. The molecule has 2 aliphatic rings. The minimum Gasteiger partial charge on any atom is -0.364 e. The molecule has 1 unspecified atom stereocenters. The number of aryl methyl sites for hydroxylation is 1. The van der Waals surface area contributed by atoms with Crippen LogP contribution in [-0.2, 0) is 6.42 Å². The van der Waals surface area contributed by atoms with Gasteiger partial charge in [-0.25, -0.2) is 4.39 Å². The zero-order valence-electron chi connectivity index (χ0n) is 16.9. The highest BCUT2D eigenvalue weighted by Crippen LogP contribution is 2.47. The Morgan fingerprint density at radius 2 is 2.04 bits per heavy atom. The van der Waals surface area contributed by atoms with Crippen LogP contribution in [0.15, 0.2) is 34.9 Å². The van der Waals surface area contributed by atoms with Gasteiger partial charge >= 0.3 is 0 Å². The summed E-state index contributed by atoms with van der Waals surface area (Å²) in [6, 6.07) is 8.44. The first-order valence-electron chi connectivity index (χ1n) is 10.2. The van der Waals surface area contributed by atoms with Crippen molar-refractivity contribution in [3.63, 3.8) is 0 Å². The normalized spacial score (nSPS) is 23.7. The Morgan fingerprint density at radius 1 is 1.29 bits per heavy atom. The van der Waals surface area contributed by atoms with Crippen molar-refractivity contribution in [1.82, 2.24) is 10.1 Å². The fourth-order valence-corrected chi connectivity index (χ4v) is 5.05. The van der Waals surface area contributed by atoms with Crippen LogP contribution >= 0.6 is 0 Å². The van der Waals surface area contributed by atoms with E-state index in [2.05, 4.69) is 30.8 Å². The third-order valence-corrected chi connectivity index (χ3v) is 6.20. The number of aromatic nitrogens is 1. The summed E-state index contributed by atoms with van der Waals surface area (Å²) >= 11 is 0. The van der Waals surface area contributed by atoms with Gasteiger partial charge in [0, 0.05) is 36.8 Å². The van der Waals surface area contributed by atoms with Gasteiger partial charge in [0.2, 0.25) is 0 Å². The maximum Gasteiger partial charge on any atom is 0.276 e. The van der Waals surface area contributed by atoms with Crippen molar-refractivity contribution in [2.45, 2.75) is 64.0 Å². The topological polar surface area (TPSA) is 49.6 Å². The smallest absolute Gasteiger partial charge is 0.276 e. The Labute approximate surface area is 165 Å². The predicted molar refractivity (Wildman–Crippen MR) is 106 cm³/mol. The summed E-state index contributed by atoms with van der Waals surface area (Å²) in [6.07, 6.45) is 4.58. The minimum atomic E-state index is -0.234. The molecular weight excluding hydrogens is 357 g/mol. The van der Waals surface area contributed by atoms with Crippen molar-refractivity contribution >= 4 is 11.6 Å². The molecular formula is C22H28FN3O2. The van der Waals surface area contributed by atoms with E-state index in [1.54, 1.807) is 6.07 Å². The monoisotopic (exact) mass is 385 g/mol. The van der Waals surface area contributed by atoms with Crippen LogP contribution in [0.4, 0.5) is 10.1 Å². The zero-order chi connectivity index (χ0) is 19.9. The average molecular weight is 385 g/mol. The lowest BCUT2D eigenvalue weighted by molar-refractivity contribution is 0.0606. The lowest BCUT2D eigenvalue weighted by atomic mass is 9.87. The molecule has 1 atom stereocenters. The zero-order valence-corrected chi connectivity index (χ0v) is 16.9. The number of carbonyl (C=O) groups is 1. The second-order valence-electron chi connectivity index (χ2n) is 8.76. The van der Waals surface area contributed by atoms with Crippen LogP contribution in [0.3, 0.4) is 0 Å². The van der Waals surface area contributed by atoms with Crippen LogP contribution in [0.25, 0.3) is 0 Å². The van der Waals surface area contributed by atoms with E-state index in [0.717, 1.165) is 56.6 Å². The van der Waals surface area contributed by atoms with Crippen molar-refractivity contribution in [2.75, 3.05) is 18.0 Å². The SMILES string of the molecule is CCCc1cc(C(=O)N2CCCC23CN(c2ccc(F)cc2)C(C)(C)C3)no1. The maximum absolute atomic E-state index is 13.4. The van der Waals surface area contributed by atoms with E-state index in [-0.39, 0.29) is 22.8 Å².